The highest BCUT2D eigenvalue weighted by atomic mass is 16.3. The molecule has 4 aromatic rings. The summed E-state index contributed by atoms with van der Waals surface area (Å²) in [5.41, 5.74) is 1.33. The molecule has 2 aromatic carbocycles. The second-order valence-electron chi connectivity index (χ2n) is 5.36. The predicted molar refractivity (Wildman–Crippen MR) is 93.4 cm³/mol. The van der Waals surface area contributed by atoms with Gasteiger partial charge in [-0.3, -0.25) is 4.79 Å². The molecule has 0 fully saturated rings. The van der Waals surface area contributed by atoms with Crippen LogP contribution in [0.2, 0.25) is 0 Å². The summed E-state index contributed by atoms with van der Waals surface area (Å²) in [5.74, 6) is 1.26. The summed E-state index contributed by atoms with van der Waals surface area (Å²) < 4.78 is 6.93. The zero-order valence-electron chi connectivity index (χ0n) is 12.8. The molecule has 2 aromatic heterocycles. The van der Waals surface area contributed by atoms with E-state index in [2.05, 4.69) is 10.3 Å². The standard InChI is InChI=1S/C19H15N3O2/c23-18-16-10-4-5-11-17(16)21-19(20-13-15-9-6-12-24-15)22(18)14-7-2-1-3-8-14/h1-12H,13H2,(H,20,21). The quantitative estimate of drug-likeness (QED) is 0.625. The van der Waals surface area contributed by atoms with Gasteiger partial charge in [0, 0.05) is 0 Å². The molecule has 0 saturated carbocycles. The molecule has 5 heteroatoms. The fraction of sp³-hybridized carbons (Fsp3) is 0.0526. The van der Waals surface area contributed by atoms with E-state index in [1.165, 1.54) is 0 Å². The van der Waals surface area contributed by atoms with Crippen LogP contribution in [-0.4, -0.2) is 9.55 Å². The lowest BCUT2D eigenvalue weighted by Crippen LogP contribution is -2.23. The molecule has 0 atom stereocenters. The van der Waals surface area contributed by atoms with Crippen LogP contribution in [0.15, 0.2) is 82.2 Å². The largest absolute Gasteiger partial charge is 0.467 e. The predicted octanol–water partition coefficient (Wildman–Crippen LogP) is 3.59. The lowest BCUT2D eigenvalue weighted by Gasteiger charge is -2.14. The van der Waals surface area contributed by atoms with E-state index < -0.39 is 0 Å². The fourth-order valence-corrected chi connectivity index (χ4v) is 2.65. The maximum absolute atomic E-state index is 13.0. The SMILES string of the molecule is O=c1c2ccccc2nc(NCc2ccco2)n1-c1ccccc1. The summed E-state index contributed by atoms with van der Waals surface area (Å²) in [6.45, 7) is 0.449. The Labute approximate surface area is 138 Å². The second kappa shape index (κ2) is 6.04. The summed E-state index contributed by atoms with van der Waals surface area (Å²) >= 11 is 0. The van der Waals surface area contributed by atoms with Crippen molar-refractivity contribution in [3.63, 3.8) is 0 Å². The molecular formula is C19H15N3O2. The zero-order valence-corrected chi connectivity index (χ0v) is 12.8. The van der Waals surface area contributed by atoms with Gasteiger partial charge in [0.2, 0.25) is 5.95 Å². The molecule has 0 unspecified atom stereocenters. The number of anilines is 1. The number of para-hydroxylation sites is 2. The van der Waals surface area contributed by atoms with E-state index in [-0.39, 0.29) is 5.56 Å². The van der Waals surface area contributed by atoms with Crippen LogP contribution in [0, 0.1) is 0 Å². The number of aromatic nitrogens is 2. The number of nitrogens with zero attached hydrogens (tertiary/aromatic N) is 2. The van der Waals surface area contributed by atoms with Crippen molar-refractivity contribution in [2.75, 3.05) is 5.32 Å². The average molecular weight is 317 g/mol. The van der Waals surface area contributed by atoms with Crippen LogP contribution in [0.3, 0.4) is 0 Å². The molecule has 5 nitrogen and oxygen atoms in total. The van der Waals surface area contributed by atoms with Crippen molar-refractivity contribution in [2.45, 2.75) is 6.54 Å². The Balaban J connectivity index is 1.88. The van der Waals surface area contributed by atoms with E-state index in [4.69, 9.17) is 4.42 Å². The Morgan fingerprint density at radius 3 is 2.54 bits per heavy atom. The van der Waals surface area contributed by atoms with Gasteiger partial charge in [-0.1, -0.05) is 30.3 Å². The lowest BCUT2D eigenvalue weighted by atomic mass is 10.2. The summed E-state index contributed by atoms with van der Waals surface area (Å²) in [5, 5.41) is 3.79. The van der Waals surface area contributed by atoms with Gasteiger partial charge in [-0.25, -0.2) is 9.55 Å². The number of furan rings is 1. The zero-order chi connectivity index (χ0) is 16.4. The molecule has 4 rings (SSSR count). The van der Waals surface area contributed by atoms with Crippen molar-refractivity contribution in [2.24, 2.45) is 0 Å². The molecule has 0 spiro atoms. The normalized spacial score (nSPS) is 10.8. The van der Waals surface area contributed by atoms with E-state index in [1.54, 1.807) is 16.9 Å². The Kier molecular flexibility index (Phi) is 3.59. The molecule has 1 N–H and O–H groups in total. The monoisotopic (exact) mass is 317 g/mol. The average Bonchev–Trinajstić information content (AvgIpc) is 3.14. The van der Waals surface area contributed by atoms with Gasteiger partial charge in [0.15, 0.2) is 0 Å². The first kappa shape index (κ1) is 14.3. The minimum atomic E-state index is -0.103. The number of nitrogens with one attached hydrogen (secondary N) is 1. The highest BCUT2D eigenvalue weighted by Gasteiger charge is 2.12. The molecule has 24 heavy (non-hydrogen) atoms. The Morgan fingerprint density at radius 1 is 0.958 bits per heavy atom. The molecule has 118 valence electrons. The van der Waals surface area contributed by atoms with Crippen molar-refractivity contribution < 1.29 is 4.42 Å². The summed E-state index contributed by atoms with van der Waals surface area (Å²) in [4.78, 5) is 17.6. The summed E-state index contributed by atoms with van der Waals surface area (Å²) in [7, 11) is 0. The second-order valence-corrected chi connectivity index (χ2v) is 5.36. The van der Waals surface area contributed by atoms with Gasteiger partial charge in [0.1, 0.15) is 5.76 Å². The minimum Gasteiger partial charge on any atom is -0.467 e. The van der Waals surface area contributed by atoms with Crippen LogP contribution < -0.4 is 10.9 Å². The lowest BCUT2D eigenvalue weighted by molar-refractivity contribution is 0.517. The van der Waals surface area contributed by atoms with E-state index in [0.29, 0.717) is 23.4 Å². The third kappa shape index (κ3) is 2.56. The molecule has 2 heterocycles. The topological polar surface area (TPSA) is 60.1 Å². The van der Waals surface area contributed by atoms with Crippen molar-refractivity contribution in [1.29, 1.82) is 0 Å². The number of benzene rings is 2. The van der Waals surface area contributed by atoms with Crippen LogP contribution in [0.25, 0.3) is 16.6 Å². The summed E-state index contributed by atoms with van der Waals surface area (Å²) in [6, 6.07) is 20.5. The minimum absolute atomic E-state index is 0.103. The molecular weight excluding hydrogens is 302 g/mol. The van der Waals surface area contributed by atoms with Crippen LogP contribution in [-0.2, 0) is 6.54 Å². The van der Waals surface area contributed by atoms with Gasteiger partial charge in [0.05, 0.1) is 29.4 Å². The third-order valence-electron chi connectivity index (χ3n) is 3.79. The first-order valence-electron chi connectivity index (χ1n) is 7.66. The van der Waals surface area contributed by atoms with Crippen LogP contribution in [0.1, 0.15) is 5.76 Å². The number of hydrogen-bond acceptors (Lipinski definition) is 4. The Hall–Kier alpha value is -3.34. The highest BCUT2D eigenvalue weighted by molar-refractivity contribution is 5.79. The molecule has 0 saturated heterocycles. The summed E-state index contributed by atoms with van der Waals surface area (Å²) in [6.07, 6.45) is 1.62. The number of rotatable bonds is 4. The van der Waals surface area contributed by atoms with Crippen molar-refractivity contribution in [1.82, 2.24) is 9.55 Å². The van der Waals surface area contributed by atoms with E-state index in [0.717, 1.165) is 11.4 Å². The fourth-order valence-electron chi connectivity index (χ4n) is 2.65. The third-order valence-corrected chi connectivity index (χ3v) is 3.79. The smallest absolute Gasteiger partial charge is 0.267 e. The maximum atomic E-state index is 13.0. The van der Waals surface area contributed by atoms with Crippen molar-refractivity contribution in [3.8, 4) is 5.69 Å². The molecule has 0 radical (unpaired) electrons. The van der Waals surface area contributed by atoms with Gasteiger partial charge in [-0.05, 0) is 36.4 Å². The maximum Gasteiger partial charge on any atom is 0.267 e. The van der Waals surface area contributed by atoms with Gasteiger partial charge in [0.25, 0.3) is 5.56 Å². The molecule has 0 bridgehead atoms. The number of hydrogen-bond donors (Lipinski definition) is 1. The number of fused-ring (bicyclic) bond motifs is 1. The van der Waals surface area contributed by atoms with E-state index in [1.807, 2.05) is 60.7 Å². The van der Waals surface area contributed by atoms with Gasteiger partial charge in [-0.15, -0.1) is 0 Å². The Morgan fingerprint density at radius 2 is 1.75 bits per heavy atom. The van der Waals surface area contributed by atoms with Crippen LogP contribution >= 0.6 is 0 Å². The van der Waals surface area contributed by atoms with E-state index in [9.17, 15) is 4.79 Å². The van der Waals surface area contributed by atoms with Crippen molar-refractivity contribution in [3.05, 3.63) is 89.1 Å². The van der Waals surface area contributed by atoms with Crippen LogP contribution in [0.4, 0.5) is 5.95 Å². The van der Waals surface area contributed by atoms with Gasteiger partial charge in [-0.2, -0.15) is 0 Å². The Bertz CT molecular complexity index is 1020. The van der Waals surface area contributed by atoms with Gasteiger partial charge < -0.3 is 9.73 Å². The molecule has 0 aliphatic heterocycles. The van der Waals surface area contributed by atoms with Gasteiger partial charge >= 0.3 is 0 Å². The first-order chi connectivity index (χ1) is 11.8. The molecule has 0 amide bonds. The van der Waals surface area contributed by atoms with Crippen LogP contribution in [0.5, 0.6) is 0 Å². The molecule has 0 aliphatic carbocycles. The first-order valence-corrected chi connectivity index (χ1v) is 7.66. The highest BCUT2D eigenvalue weighted by Crippen LogP contribution is 2.16. The van der Waals surface area contributed by atoms with E-state index >= 15 is 0 Å². The molecule has 0 aliphatic rings. The van der Waals surface area contributed by atoms with Crippen molar-refractivity contribution >= 4 is 16.9 Å².